The third-order valence-corrected chi connectivity index (χ3v) is 9.51. The zero-order valence-electron chi connectivity index (χ0n) is 18.5. The Morgan fingerprint density at radius 2 is 1.79 bits per heavy atom. The van der Waals surface area contributed by atoms with Crippen molar-refractivity contribution in [2.45, 2.75) is 11.8 Å². The Kier molecular flexibility index (Phi) is 7.47. The molecule has 2 aromatic carbocycles. The van der Waals surface area contributed by atoms with E-state index in [-0.39, 0.29) is 17.2 Å². The maximum atomic E-state index is 14.6. The van der Waals surface area contributed by atoms with Crippen LogP contribution in [0.15, 0.2) is 53.6 Å². The highest BCUT2D eigenvalue weighted by Gasteiger charge is 2.33. The highest BCUT2D eigenvalue weighted by molar-refractivity contribution is 7.97. The Hall–Kier alpha value is -3.18. The molecule has 0 fully saturated rings. The second-order valence-corrected chi connectivity index (χ2v) is 11.8. The molecule has 0 radical (unpaired) electrons. The molecule has 10 nitrogen and oxygen atoms in total. The van der Waals surface area contributed by atoms with Gasteiger partial charge in [-0.05, 0) is 25.1 Å². The molecule has 1 aromatic heterocycles. The van der Waals surface area contributed by atoms with Crippen molar-refractivity contribution in [3.8, 4) is 11.3 Å². The minimum absolute atomic E-state index is 0.0509. The fourth-order valence-electron chi connectivity index (χ4n) is 2.91. The molecule has 0 unspecified atom stereocenters. The minimum atomic E-state index is -4.36. The lowest BCUT2D eigenvalue weighted by Gasteiger charge is -2.14. The number of nitrogens with zero attached hydrogens (tertiary/aromatic N) is 2. The van der Waals surface area contributed by atoms with E-state index < -0.39 is 39.5 Å². The number of sulfone groups is 1. The van der Waals surface area contributed by atoms with Crippen LogP contribution in [0.4, 0.5) is 15.9 Å². The molecule has 3 rings (SSSR count). The Balaban J connectivity index is 1.85. The second kappa shape index (κ2) is 9.98. The van der Waals surface area contributed by atoms with Crippen molar-refractivity contribution < 1.29 is 31.2 Å². The average Bonchev–Trinajstić information content (AvgIpc) is 2.79. The predicted octanol–water partition coefficient (Wildman–Crippen LogP) is 3.64. The van der Waals surface area contributed by atoms with Crippen LogP contribution in [0, 0.1) is 12.7 Å². The number of carbonyl (C=O) groups excluding carboxylic acids is 1. The SMILES string of the molecule is COP(=O)(CS(=O)(=O)c1ccc(NC(=O)c2nc(-c3ccc(C)cc3)cnc2N)cc1F)OC. The first-order chi connectivity index (χ1) is 16.0. The number of amides is 1. The van der Waals surface area contributed by atoms with Gasteiger partial charge in [-0.2, -0.15) is 0 Å². The summed E-state index contributed by atoms with van der Waals surface area (Å²) in [6.07, 6.45) is 1.43. The fraction of sp³-hybridized carbons (Fsp3) is 0.190. The lowest BCUT2D eigenvalue weighted by molar-refractivity contribution is 0.102. The molecule has 1 heterocycles. The molecule has 0 spiro atoms. The largest absolute Gasteiger partial charge is 0.382 e. The molecule has 0 aliphatic rings. The molecule has 13 heteroatoms. The van der Waals surface area contributed by atoms with Gasteiger partial charge in [-0.1, -0.05) is 29.8 Å². The molecule has 180 valence electrons. The quantitative estimate of drug-likeness (QED) is 0.435. The van der Waals surface area contributed by atoms with Crippen molar-refractivity contribution in [3.05, 3.63) is 65.7 Å². The topological polar surface area (TPSA) is 151 Å². The van der Waals surface area contributed by atoms with E-state index in [2.05, 4.69) is 24.3 Å². The molecule has 1 amide bonds. The maximum Gasteiger partial charge on any atom is 0.345 e. The van der Waals surface area contributed by atoms with Crippen LogP contribution in [0.1, 0.15) is 16.1 Å². The van der Waals surface area contributed by atoms with Gasteiger partial charge in [0.1, 0.15) is 10.7 Å². The van der Waals surface area contributed by atoms with E-state index in [1.165, 1.54) is 12.3 Å². The summed E-state index contributed by atoms with van der Waals surface area (Å²) in [7, 11) is -6.26. The molecule has 0 aliphatic carbocycles. The van der Waals surface area contributed by atoms with Gasteiger partial charge in [0.25, 0.3) is 5.91 Å². The fourth-order valence-corrected chi connectivity index (χ4v) is 6.75. The minimum Gasteiger partial charge on any atom is -0.382 e. The Labute approximate surface area is 195 Å². The summed E-state index contributed by atoms with van der Waals surface area (Å²) in [5.41, 5.74) is 6.70. The Bertz CT molecular complexity index is 1370. The normalized spacial score (nSPS) is 11.9. The van der Waals surface area contributed by atoms with E-state index >= 15 is 0 Å². The van der Waals surface area contributed by atoms with Crippen LogP contribution in [0.25, 0.3) is 11.3 Å². The number of nitrogens with one attached hydrogen (secondary N) is 1. The highest BCUT2D eigenvalue weighted by atomic mass is 32.2. The average molecular weight is 508 g/mol. The highest BCUT2D eigenvalue weighted by Crippen LogP contribution is 2.48. The van der Waals surface area contributed by atoms with E-state index in [4.69, 9.17) is 5.73 Å². The lowest BCUT2D eigenvalue weighted by Crippen LogP contribution is -2.18. The number of hydrogen-bond acceptors (Lipinski definition) is 9. The van der Waals surface area contributed by atoms with Gasteiger partial charge in [0.05, 0.1) is 11.9 Å². The molecule has 0 saturated heterocycles. The first-order valence-electron chi connectivity index (χ1n) is 9.72. The first kappa shape index (κ1) is 25.4. The number of aryl methyl sites for hydroxylation is 1. The van der Waals surface area contributed by atoms with Crippen LogP contribution in [0.5, 0.6) is 0 Å². The molecule has 3 aromatic rings. The van der Waals surface area contributed by atoms with Crippen molar-refractivity contribution in [2.24, 2.45) is 0 Å². The molecule has 0 atom stereocenters. The zero-order valence-corrected chi connectivity index (χ0v) is 20.2. The number of carbonyl (C=O) groups is 1. The van der Waals surface area contributed by atoms with E-state index in [1.54, 1.807) is 0 Å². The van der Waals surface area contributed by atoms with Gasteiger partial charge >= 0.3 is 7.60 Å². The van der Waals surface area contributed by atoms with Gasteiger partial charge < -0.3 is 20.1 Å². The van der Waals surface area contributed by atoms with Gasteiger partial charge in [0.15, 0.2) is 26.8 Å². The van der Waals surface area contributed by atoms with Crippen molar-refractivity contribution in [3.63, 3.8) is 0 Å². The van der Waals surface area contributed by atoms with Gasteiger partial charge in [0, 0.05) is 25.5 Å². The summed E-state index contributed by atoms with van der Waals surface area (Å²) in [4.78, 5) is 20.3. The number of nitrogen functional groups attached to an aromatic ring is 1. The summed E-state index contributed by atoms with van der Waals surface area (Å²) in [6, 6.07) is 10.3. The molecule has 3 N–H and O–H groups in total. The molecule has 0 saturated carbocycles. The third kappa shape index (κ3) is 5.65. The molecule has 0 aliphatic heterocycles. The third-order valence-electron chi connectivity index (χ3n) is 4.77. The summed E-state index contributed by atoms with van der Waals surface area (Å²) in [5, 5.41) is 2.42. The van der Waals surface area contributed by atoms with Crippen LogP contribution < -0.4 is 11.1 Å². The Morgan fingerprint density at radius 1 is 1.15 bits per heavy atom. The van der Waals surface area contributed by atoms with Crippen LogP contribution >= 0.6 is 7.60 Å². The van der Waals surface area contributed by atoms with Gasteiger partial charge in [0.2, 0.25) is 0 Å². The van der Waals surface area contributed by atoms with Gasteiger partial charge in [-0.15, -0.1) is 0 Å². The van der Waals surface area contributed by atoms with Crippen LogP contribution in [-0.2, 0) is 23.4 Å². The van der Waals surface area contributed by atoms with Crippen molar-refractivity contribution in [1.82, 2.24) is 9.97 Å². The summed E-state index contributed by atoms with van der Waals surface area (Å²) < 4.78 is 61.0. The smallest absolute Gasteiger partial charge is 0.345 e. The van der Waals surface area contributed by atoms with E-state index in [0.717, 1.165) is 37.5 Å². The molecular formula is C21H22FN4O6PS. The number of halogens is 1. The maximum absolute atomic E-state index is 14.6. The Morgan fingerprint density at radius 3 is 2.38 bits per heavy atom. The summed E-state index contributed by atoms with van der Waals surface area (Å²) in [6.45, 7) is 1.93. The van der Waals surface area contributed by atoms with Gasteiger partial charge in [-0.3, -0.25) is 9.36 Å². The van der Waals surface area contributed by atoms with Crippen molar-refractivity contribution in [1.29, 1.82) is 0 Å². The van der Waals surface area contributed by atoms with Crippen LogP contribution in [0.2, 0.25) is 0 Å². The van der Waals surface area contributed by atoms with Crippen LogP contribution in [-0.4, -0.2) is 44.0 Å². The predicted molar refractivity (Wildman–Crippen MR) is 125 cm³/mol. The van der Waals surface area contributed by atoms with Crippen molar-refractivity contribution >= 4 is 34.8 Å². The standard InChI is InChI=1S/C21H22FN4O6PS/c1-13-4-6-14(7-5-13)17-11-24-20(23)19(26-17)21(27)25-15-8-9-18(16(22)10-15)34(29,30)12-33(28,31-2)32-3/h4-11H,12H2,1-3H3,(H2,23,24)(H,25,27). The number of benzene rings is 2. The van der Waals surface area contributed by atoms with E-state index in [1.807, 2.05) is 31.2 Å². The number of aromatic nitrogens is 2. The summed E-state index contributed by atoms with van der Waals surface area (Å²) >= 11 is 0. The molecule has 0 bridgehead atoms. The first-order valence-corrected chi connectivity index (χ1v) is 13.1. The second-order valence-electron chi connectivity index (χ2n) is 7.17. The number of nitrogens with two attached hydrogens (primary N) is 1. The van der Waals surface area contributed by atoms with Crippen molar-refractivity contribution in [2.75, 3.05) is 30.8 Å². The van der Waals surface area contributed by atoms with Crippen LogP contribution in [0.3, 0.4) is 0 Å². The number of hydrogen-bond donors (Lipinski definition) is 2. The zero-order chi connectivity index (χ0) is 25.1. The molecular weight excluding hydrogens is 486 g/mol. The van der Waals surface area contributed by atoms with E-state index in [9.17, 15) is 22.2 Å². The van der Waals surface area contributed by atoms with E-state index in [0.29, 0.717) is 5.69 Å². The van der Waals surface area contributed by atoms with Gasteiger partial charge in [-0.25, -0.2) is 22.8 Å². The number of anilines is 2. The lowest BCUT2D eigenvalue weighted by atomic mass is 10.1. The summed E-state index contributed by atoms with van der Waals surface area (Å²) in [5.74, 6) is -2.07. The number of rotatable bonds is 8. The molecule has 34 heavy (non-hydrogen) atoms. The monoisotopic (exact) mass is 508 g/mol.